The van der Waals surface area contributed by atoms with E-state index in [2.05, 4.69) is 0 Å². The van der Waals surface area contributed by atoms with Crippen molar-refractivity contribution in [3.8, 4) is 0 Å². The Labute approximate surface area is 178 Å². The zero-order valence-electron chi connectivity index (χ0n) is 17.2. The third kappa shape index (κ3) is 2.55. The monoisotopic (exact) mass is 416 g/mol. The largest absolute Gasteiger partial charge is 0.478 e. The van der Waals surface area contributed by atoms with E-state index in [0.717, 1.165) is 5.56 Å². The number of hydrogen-bond donors (Lipinski definition) is 1. The van der Waals surface area contributed by atoms with E-state index in [4.69, 9.17) is 4.74 Å². The minimum atomic E-state index is -1.41. The SMILES string of the molecule is COC12CCc3cc(C)c(C(=O)O)cc3C1C(=O)c1cc3c(cc1C2=O)C(=O)C=CC3. The zero-order chi connectivity index (χ0) is 22.1. The fourth-order valence-electron chi connectivity index (χ4n) is 5.33. The number of ether oxygens (including phenoxy) is 1. The molecule has 0 aliphatic heterocycles. The highest BCUT2D eigenvalue weighted by molar-refractivity contribution is 6.22. The van der Waals surface area contributed by atoms with Crippen LogP contribution in [0.3, 0.4) is 0 Å². The van der Waals surface area contributed by atoms with Gasteiger partial charge in [-0.15, -0.1) is 0 Å². The summed E-state index contributed by atoms with van der Waals surface area (Å²) in [5, 5.41) is 9.60. The second kappa shape index (κ2) is 6.56. The Hall–Kier alpha value is -3.38. The summed E-state index contributed by atoms with van der Waals surface area (Å²) in [4.78, 5) is 51.5. The molecule has 6 heteroatoms. The molecule has 0 amide bonds. The van der Waals surface area contributed by atoms with Crippen LogP contribution in [0.2, 0.25) is 0 Å². The van der Waals surface area contributed by atoms with E-state index in [0.29, 0.717) is 41.5 Å². The summed E-state index contributed by atoms with van der Waals surface area (Å²) >= 11 is 0. The summed E-state index contributed by atoms with van der Waals surface area (Å²) in [7, 11) is 1.41. The molecule has 5 rings (SSSR count). The number of carbonyl (C=O) groups is 4. The van der Waals surface area contributed by atoms with E-state index < -0.39 is 17.5 Å². The number of carboxylic acids is 1. The van der Waals surface area contributed by atoms with Gasteiger partial charge < -0.3 is 9.84 Å². The molecule has 156 valence electrons. The summed E-state index contributed by atoms with van der Waals surface area (Å²) in [5.41, 5.74) is 2.34. The molecular weight excluding hydrogens is 396 g/mol. The summed E-state index contributed by atoms with van der Waals surface area (Å²) in [5.74, 6) is -2.80. The van der Waals surface area contributed by atoms with Crippen LogP contribution in [-0.2, 0) is 17.6 Å². The van der Waals surface area contributed by atoms with Gasteiger partial charge in [-0.2, -0.15) is 0 Å². The molecule has 2 atom stereocenters. The van der Waals surface area contributed by atoms with Gasteiger partial charge in [0.15, 0.2) is 17.3 Å². The van der Waals surface area contributed by atoms with Gasteiger partial charge in [-0.25, -0.2) is 4.79 Å². The molecule has 0 aromatic heterocycles. The number of carbonyl (C=O) groups excluding carboxylic acids is 3. The average Bonchev–Trinajstić information content (AvgIpc) is 2.75. The first kappa shape index (κ1) is 19.6. The number of carboxylic acid groups (broad SMARTS) is 1. The highest BCUT2D eigenvalue weighted by Crippen LogP contribution is 2.49. The van der Waals surface area contributed by atoms with Crippen molar-refractivity contribution in [2.24, 2.45) is 0 Å². The Morgan fingerprint density at radius 2 is 1.84 bits per heavy atom. The van der Waals surface area contributed by atoms with Gasteiger partial charge in [0, 0.05) is 23.8 Å². The van der Waals surface area contributed by atoms with Crippen molar-refractivity contribution in [3.63, 3.8) is 0 Å². The number of benzene rings is 2. The minimum Gasteiger partial charge on any atom is -0.478 e. The van der Waals surface area contributed by atoms with Crippen LogP contribution in [0.5, 0.6) is 0 Å². The van der Waals surface area contributed by atoms with E-state index in [1.807, 2.05) is 0 Å². The number of aromatic carboxylic acids is 1. The molecule has 0 bridgehead atoms. The number of Topliss-reactive ketones (excluding diaryl/α,β-unsaturated/α-hetero) is 2. The number of hydrogen-bond acceptors (Lipinski definition) is 5. The van der Waals surface area contributed by atoms with Crippen LogP contribution in [0.1, 0.15) is 76.0 Å². The molecule has 31 heavy (non-hydrogen) atoms. The van der Waals surface area contributed by atoms with Gasteiger partial charge in [-0.05, 0) is 72.7 Å². The molecule has 2 unspecified atom stereocenters. The van der Waals surface area contributed by atoms with Crippen LogP contribution in [-0.4, -0.2) is 41.1 Å². The van der Waals surface area contributed by atoms with Crippen molar-refractivity contribution in [1.82, 2.24) is 0 Å². The molecule has 0 fully saturated rings. The van der Waals surface area contributed by atoms with E-state index in [9.17, 15) is 24.3 Å². The van der Waals surface area contributed by atoms with Gasteiger partial charge in [-0.1, -0.05) is 12.1 Å². The maximum Gasteiger partial charge on any atom is 0.335 e. The predicted octanol–water partition coefficient (Wildman–Crippen LogP) is 3.48. The number of fused-ring (bicyclic) bond motifs is 5. The van der Waals surface area contributed by atoms with Gasteiger partial charge in [-0.3, -0.25) is 14.4 Å². The van der Waals surface area contributed by atoms with Gasteiger partial charge in [0.05, 0.1) is 11.5 Å². The quantitative estimate of drug-likeness (QED) is 0.805. The average molecular weight is 416 g/mol. The third-order valence-electron chi connectivity index (χ3n) is 6.90. The molecule has 0 radical (unpaired) electrons. The third-order valence-corrected chi connectivity index (χ3v) is 6.90. The first-order valence-electron chi connectivity index (χ1n) is 10.2. The molecular formula is C25H20O6. The van der Waals surface area contributed by atoms with Crippen LogP contribution < -0.4 is 0 Å². The lowest BCUT2D eigenvalue weighted by atomic mass is 9.61. The van der Waals surface area contributed by atoms with Crippen LogP contribution in [0.4, 0.5) is 0 Å². The number of allylic oxidation sites excluding steroid dienone is 2. The van der Waals surface area contributed by atoms with Crippen LogP contribution in [0.15, 0.2) is 36.4 Å². The van der Waals surface area contributed by atoms with Crippen molar-refractivity contribution in [2.75, 3.05) is 7.11 Å². The smallest absolute Gasteiger partial charge is 0.335 e. The lowest BCUT2D eigenvalue weighted by molar-refractivity contribution is -0.0220. The molecule has 2 aromatic rings. The Morgan fingerprint density at radius 1 is 1.06 bits per heavy atom. The van der Waals surface area contributed by atoms with E-state index in [-0.39, 0.29) is 34.0 Å². The molecule has 3 aliphatic rings. The Balaban J connectivity index is 1.76. The Morgan fingerprint density at radius 3 is 2.55 bits per heavy atom. The summed E-state index contributed by atoms with van der Waals surface area (Å²) in [6, 6.07) is 6.49. The van der Waals surface area contributed by atoms with E-state index in [1.165, 1.54) is 25.3 Å². The standard InChI is InChI=1S/C25H20O6/c1-12-8-14-6-7-25(31-2)21(17(14)10-15(12)24(29)30)22(27)18-9-13-4-3-5-20(26)16(13)11-19(18)23(25)28/h3,5,8-11,21H,4,6-7H2,1-2H3,(H,29,30). The topological polar surface area (TPSA) is 97.7 Å². The summed E-state index contributed by atoms with van der Waals surface area (Å²) in [6.07, 6.45) is 4.52. The maximum atomic E-state index is 13.8. The second-order valence-corrected chi connectivity index (χ2v) is 8.42. The highest BCUT2D eigenvalue weighted by atomic mass is 16.5. The molecule has 3 aliphatic carbocycles. The summed E-state index contributed by atoms with van der Waals surface area (Å²) in [6.45, 7) is 1.72. The number of rotatable bonds is 2. The zero-order valence-corrected chi connectivity index (χ0v) is 17.2. The predicted molar refractivity (Wildman–Crippen MR) is 111 cm³/mol. The fraction of sp³-hybridized carbons (Fsp3) is 0.280. The molecule has 0 saturated heterocycles. The van der Waals surface area contributed by atoms with Crippen molar-refractivity contribution in [2.45, 2.75) is 37.7 Å². The molecule has 0 spiro atoms. The number of aryl methyl sites for hydroxylation is 2. The molecule has 6 nitrogen and oxygen atoms in total. The number of methoxy groups -OCH3 is 1. The lowest BCUT2D eigenvalue weighted by Crippen LogP contribution is -2.55. The van der Waals surface area contributed by atoms with Gasteiger partial charge in [0.2, 0.25) is 0 Å². The first-order chi connectivity index (χ1) is 14.8. The van der Waals surface area contributed by atoms with Gasteiger partial charge in [0.25, 0.3) is 0 Å². The molecule has 0 heterocycles. The fourth-order valence-corrected chi connectivity index (χ4v) is 5.33. The normalized spacial score (nSPS) is 23.7. The second-order valence-electron chi connectivity index (χ2n) is 8.42. The summed E-state index contributed by atoms with van der Waals surface area (Å²) < 4.78 is 5.76. The maximum absolute atomic E-state index is 13.8. The Bertz CT molecular complexity index is 1250. The lowest BCUT2D eigenvalue weighted by Gasteiger charge is -2.45. The van der Waals surface area contributed by atoms with Crippen LogP contribution >= 0.6 is 0 Å². The van der Waals surface area contributed by atoms with Crippen LogP contribution in [0, 0.1) is 6.92 Å². The number of ketones is 3. The van der Waals surface area contributed by atoms with Crippen LogP contribution in [0.25, 0.3) is 0 Å². The van der Waals surface area contributed by atoms with Crippen molar-refractivity contribution < 1.29 is 29.0 Å². The molecule has 0 saturated carbocycles. The minimum absolute atomic E-state index is 0.109. The van der Waals surface area contributed by atoms with E-state index in [1.54, 1.807) is 25.1 Å². The van der Waals surface area contributed by atoms with Crippen molar-refractivity contribution >= 4 is 23.3 Å². The Kier molecular flexibility index (Phi) is 4.14. The molecule has 1 N–H and O–H groups in total. The molecule has 2 aromatic carbocycles. The van der Waals surface area contributed by atoms with Crippen molar-refractivity contribution in [3.05, 3.63) is 80.9 Å². The highest BCUT2D eigenvalue weighted by Gasteiger charge is 2.57. The van der Waals surface area contributed by atoms with Crippen molar-refractivity contribution in [1.29, 1.82) is 0 Å². The van der Waals surface area contributed by atoms with Gasteiger partial charge in [0.1, 0.15) is 5.60 Å². The first-order valence-corrected chi connectivity index (χ1v) is 10.2. The van der Waals surface area contributed by atoms with Gasteiger partial charge >= 0.3 is 5.97 Å². The van der Waals surface area contributed by atoms with E-state index >= 15 is 0 Å².